The number of hydrogen-bond acceptors (Lipinski definition) is 5. The standard InChI is InChI=1S/C10H15N3O4/c1-10(5-11-6-10)17-4-9(16)13-2-7(14)12-8(15)3-13/h11H,2-6H2,1H3,(H,12,14,15). The van der Waals surface area contributed by atoms with Gasteiger partial charge in [-0.05, 0) is 6.92 Å². The van der Waals surface area contributed by atoms with Gasteiger partial charge >= 0.3 is 0 Å². The van der Waals surface area contributed by atoms with Crippen molar-refractivity contribution in [3.63, 3.8) is 0 Å². The first-order chi connectivity index (χ1) is 7.98. The van der Waals surface area contributed by atoms with Crippen molar-refractivity contribution in [3.8, 4) is 0 Å². The van der Waals surface area contributed by atoms with Crippen LogP contribution in [-0.2, 0) is 19.1 Å². The lowest BCUT2D eigenvalue weighted by Crippen LogP contribution is -2.60. The van der Waals surface area contributed by atoms with Gasteiger partial charge < -0.3 is 15.0 Å². The molecular weight excluding hydrogens is 226 g/mol. The lowest BCUT2D eigenvalue weighted by molar-refractivity contribution is -0.153. The molecule has 94 valence electrons. The topological polar surface area (TPSA) is 87.7 Å². The van der Waals surface area contributed by atoms with Gasteiger partial charge in [0.2, 0.25) is 17.7 Å². The van der Waals surface area contributed by atoms with Crippen molar-refractivity contribution in [2.75, 3.05) is 32.8 Å². The highest BCUT2D eigenvalue weighted by atomic mass is 16.5. The number of amides is 3. The van der Waals surface area contributed by atoms with Gasteiger partial charge in [-0.25, -0.2) is 0 Å². The molecule has 7 heteroatoms. The summed E-state index contributed by atoms with van der Waals surface area (Å²) in [7, 11) is 0. The number of imide groups is 1. The van der Waals surface area contributed by atoms with Crippen LogP contribution in [0.1, 0.15) is 6.92 Å². The number of rotatable bonds is 3. The minimum absolute atomic E-state index is 0.0805. The summed E-state index contributed by atoms with van der Waals surface area (Å²) < 4.78 is 5.45. The van der Waals surface area contributed by atoms with Crippen LogP contribution >= 0.6 is 0 Å². The predicted octanol–water partition coefficient (Wildman–Crippen LogP) is -2.15. The first-order valence-corrected chi connectivity index (χ1v) is 5.44. The summed E-state index contributed by atoms with van der Waals surface area (Å²) in [5, 5.41) is 5.19. The Balaban J connectivity index is 1.82. The molecule has 3 amide bonds. The molecule has 0 aromatic carbocycles. The van der Waals surface area contributed by atoms with Gasteiger partial charge in [0.15, 0.2) is 0 Å². The van der Waals surface area contributed by atoms with E-state index in [9.17, 15) is 14.4 Å². The van der Waals surface area contributed by atoms with E-state index in [-0.39, 0.29) is 31.2 Å². The van der Waals surface area contributed by atoms with Crippen LogP contribution in [0.5, 0.6) is 0 Å². The molecule has 0 bridgehead atoms. The van der Waals surface area contributed by atoms with Crippen LogP contribution in [0.2, 0.25) is 0 Å². The highest BCUT2D eigenvalue weighted by molar-refractivity contribution is 6.02. The molecule has 0 aromatic heterocycles. The number of piperazine rings is 1. The highest BCUT2D eigenvalue weighted by Crippen LogP contribution is 2.15. The van der Waals surface area contributed by atoms with Gasteiger partial charge in [-0.3, -0.25) is 19.7 Å². The zero-order valence-electron chi connectivity index (χ0n) is 9.62. The molecule has 2 N–H and O–H groups in total. The second-order valence-electron chi connectivity index (χ2n) is 4.56. The predicted molar refractivity (Wildman–Crippen MR) is 57.0 cm³/mol. The monoisotopic (exact) mass is 241 g/mol. The fourth-order valence-electron chi connectivity index (χ4n) is 1.72. The Morgan fingerprint density at radius 3 is 2.41 bits per heavy atom. The third-order valence-electron chi connectivity index (χ3n) is 2.84. The Bertz CT molecular complexity index is 349. The fourth-order valence-corrected chi connectivity index (χ4v) is 1.72. The van der Waals surface area contributed by atoms with E-state index in [0.717, 1.165) is 0 Å². The van der Waals surface area contributed by atoms with Gasteiger partial charge in [-0.1, -0.05) is 0 Å². The SMILES string of the molecule is CC1(OCC(=O)N2CC(=O)NC(=O)C2)CNC1. The fraction of sp³-hybridized carbons (Fsp3) is 0.700. The molecule has 2 heterocycles. The zero-order chi connectivity index (χ0) is 12.5. The Morgan fingerprint density at radius 1 is 1.35 bits per heavy atom. The van der Waals surface area contributed by atoms with Gasteiger partial charge in [-0.2, -0.15) is 0 Å². The summed E-state index contributed by atoms with van der Waals surface area (Å²) in [6.07, 6.45) is 0. The van der Waals surface area contributed by atoms with E-state index in [1.54, 1.807) is 0 Å². The Kier molecular flexibility index (Phi) is 3.12. The van der Waals surface area contributed by atoms with E-state index in [2.05, 4.69) is 10.6 Å². The van der Waals surface area contributed by atoms with Crippen molar-refractivity contribution in [3.05, 3.63) is 0 Å². The molecule has 2 aliphatic heterocycles. The maximum absolute atomic E-state index is 11.7. The van der Waals surface area contributed by atoms with Crippen molar-refractivity contribution in [1.82, 2.24) is 15.5 Å². The first-order valence-electron chi connectivity index (χ1n) is 5.44. The first kappa shape index (κ1) is 12.0. The van der Waals surface area contributed by atoms with Crippen LogP contribution in [-0.4, -0.2) is 61.0 Å². The van der Waals surface area contributed by atoms with Crippen molar-refractivity contribution in [1.29, 1.82) is 0 Å². The molecule has 2 fully saturated rings. The number of nitrogens with one attached hydrogen (secondary N) is 2. The van der Waals surface area contributed by atoms with E-state index < -0.39 is 11.8 Å². The summed E-state index contributed by atoms with van der Waals surface area (Å²) in [5.74, 6) is -1.24. The van der Waals surface area contributed by atoms with Crippen LogP contribution in [0.4, 0.5) is 0 Å². The van der Waals surface area contributed by atoms with Crippen LogP contribution < -0.4 is 10.6 Å². The maximum Gasteiger partial charge on any atom is 0.249 e. The van der Waals surface area contributed by atoms with E-state index in [4.69, 9.17) is 4.74 Å². The Hall–Kier alpha value is -1.47. The summed E-state index contributed by atoms with van der Waals surface area (Å²) in [6, 6.07) is 0. The molecule has 2 rings (SSSR count). The van der Waals surface area contributed by atoms with Crippen molar-refractivity contribution in [2.45, 2.75) is 12.5 Å². The van der Waals surface area contributed by atoms with Crippen LogP contribution in [0.25, 0.3) is 0 Å². The molecule has 0 unspecified atom stereocenters. The second-order valence-corrected chi connectivity index (χ2v) is 4.56. The van der Waals surface area contributed by atoms with Crippen LogP contribution in [0, 0.1) is 0 Å². The maximum atomic E-state index is 11.7. The summed E-state index contributed by atoms with van der Waals surface area (Å²) in [4.78, 5) is 35.1. The average Bonchev–Trinajstić information content (AvgIpc) is 2.22. The quantitative estimate of drug-likeness (QED) is 0.550. The molecule has 0 spiro atoms. The molecule has 0 aliphatic carbocycles. The molecule has 0 aromatic rings. The molecule has 2 saturated heterocycles. The van der Waals surface area contributed by atoms with Gasteiger partial charge in [-0.15, -0.1) is 0 Å². The summed E-state index contributed by atoms with van der Waals surface area (Å²) >= 11 is 0. The average molecular weight is 241 g/mol. The van der Waals surface area contributed by atoms with E-state index in [1.807, 2.05) is 6.92 Å². The third-order valence-corrected chi connectivity index (χ3v) is 2.84. The van der Waals surface area contributed by atoms with E-state index >= 15 is 0 Å². The van der Waals surface area contributed by atoms with Gasteiger partial charge in [0.05, 0.1) is 5.60 Å². The van der Waals surface area contributed by atoms with Gasteiger partial charge in [0.25, 0.3) is 0 Å². The minimum Gasteiger partial charge on any atom is -0.363 e. The van der Waals surface area contributed by atoms with Crippen molar-refractivity contribution in [2.24, 2.45) is 0 Å². The number of carbonyl (C=O) groups excluding carboxylic acids is 3. The van der Waals surface area contributed by atoms with Crippen molar-refractivity contribution < 1.29 is 19.1 Å². The molecule has 0 radical (unpaired) electrons. The molecule has 17 heavy (non-hydrogen) atoms. The number of nitrogens with zero attached hydrogens (tertiary/aromatic N) is 1. The molecular formula is C10H15N3O4. The summed E-state index contributed by atoms with van der Waals surface area (Å²) in [6.45, 7) is 3.06. The molecule has 0 saturated carbocycles. The highest BCUT2D eigenvalue weighted by Gasteiger charge is 2.34. The van der Waals surface area contributed by atoms with Gasteiger partial charge in [0, 0.05) is 13.1 Å². The number of carbonyl (C=O) groups is 3. The normalized spacial score (nSPS) is 23.0. The number of hydrogen-bond donors (Lipinski definition) is 2. The number of ether oxygens (including phenoxy) is 1. The summed E-state index contributed by atoms with van der Waals surface area (Å²) in [5.41, 5.74) is -0.308. The zero-order valence-corrected chi connectivity index (χ0v) is 9.62. The molecule has 0 atom stereocenters. The Morgan fingerprint density at radius 2 is 1.94 bits per heavy atom. The third kappa shape index (κ3) is 2.80. The van der Waals surface area contributed by atoms with Gasteiger partial charge in [0.1, 0.15) is 19.7 Å². The van der Waals surface area contributed by atoms with E-state index in [1.165, 1.54) is 4.90 Å². The second kappa shape index (κ2) is 4.42. The van der Waals surface area contributed by atoms with Crippen LogP contribution in [0.15, 0.2) is 0 Å². The Labute approximate surface area is 98.5 Å². The van der Waals surface area contributed by atoms with Crippen LogP contribution in [0.3, 0.4) is 0 Å². The van der Waals surface area contributed by atoms with Crippen molar-refractivity contribution >= 4 is 17.7 Å². The van der Waals surface area contributed by atoms with E-state index in [0.29, 0.717) is 13.1 Å². The smallest absolute Gasteiger partial charge is 0.249 e. The molecule has 7 nitrogen and oxygen atoms in total. The lowest BCUT2D eigenvalue weighted by atomic mass is 10.0. The molecule has 2 aliphatic rings. The minimum atomic E-state index is -0.453. The largest absolute Gasteiger partial charge is 0.363 e. The lowest BCUT2D eigenvalue weighted by Gasteiger charge is -2.39.